The lowest BCUT2D eigenvalue weighted by Crippen LogP contribution is -2.14. The lowest BCUT2D eigenvalue weighted by atomic mass is 9.95. The molecule has 0 bridgehead atoms. The van der Waals surface area contributed by atoms with Crippen LogP contribution in [-0.4, -0.2) is 17.0 Å². The summed E-state index contributed by atoms with van der Waals surface area (Å²) in [5.74, 6) is 0.0567. The highest BCUT2D eigenvalue weighted by Crippen LogP contribution is 2.38. The number of ether oxygens (including phenoxy) is 1. The van der Waals surface area contributed by atoms with Crippen LogP contribution >= 0.6 is 11.3 Å². The van der Waals surface area contributed by atoms with Gasteiger partial charge in [0.05, 0.1) is 16.8 Å². The molecular formula is C17H20N2O4S. The second-order valence-corrected chi connectivity index (χ2v) is 7.08. The SMILES string of the molecule is CC(=O)Nc1sc2c(c1C(=O)OCc1c(C)noc1C)CCCC2. The van der Waals surface area contributed by atoms with Crippen LogP contribution in [0.1, 0.15) is 57.6 Å². The Bertz CT molecular complexity index is 771. The number of amides is 1. The van der Waals surface area contributed by atoms with Crippen LogP contribution in [0.5, 0.6) is 0 Å². The van der Waals surface area contributed by atoms with Crippen molar-refractivity contribution in [1.82, 2.24) is 5.16 Å². The molecule has 2 heterocycles. The Morgan fingerprint density at radius 2 is 2.04 bits per heavy atom. The Labute approximate surface area is 144 Å². The number of carbonyl (C=O) groups excluding carboxylic acids is 2. The number of esters is 1. The number of nitrogens with one attached hydrogen (secondary N) is 1. The van der Waals surface area contributed by atoms with E-state index in [2.05, 4.69) is 10.5 Å². The maximum Gasteiger partial charge on any atom is 0.341 e. The van der Waals surface area contributed by atoms with Gasteiger partial charge >= 0.3 is 5.97 Å². The van der Waals surface area contributed by atoms with Crippen molar-refractivity contribution in [2.45, 2.75) is 53.1 Å². The average molecular weight is 348 g/mol. The molecule has 0 radical (unpaired) electrons. The highest BCUT2D eigenvalue weighted by molar-refractivity contribution is 7.17. The molecule has 0 unspecified atom stereocenters. The Morgan fingerprint density at radius 3 is 2.71 bits per heavy atom. The number of thiophene rings is 1. The van der Waals surface area contributed by atoms with Crippen molar-refractivity contribution in [3.63, 3.8) is 0 Å². The molecule has 1 amide bonds. The molecule has 3 rings (SSSR count). The largest absolute Gasteiger partial charge is 0.457 e. The van der Waals surface area contributed by atoms with Gasteiger partial charge in [0, 0.05) is 11.8 Å². The molecule has 2 aromatic heterocycles. The average Bonchev–Trinajstić information content (AvgIpc) is 3.04. The van der Waals surface area contributed by atoms with Gasteiger partial charge in [-0.1, -0.05) is 5.16 Å². The predicted octanol–water partition coefficient (Wildman–Crippen LogP) is 3.55. The molecule has 0 fully saturated rings. The number of aryl methyl sites for hydroxylation is 3. The third kappa shape index (κ3) is 3.21. The van der Waals surface area contributed by atoms with Gasteiger partial charge in [-0.05, 0) is 45.1 Å². The normalized spacial score (nSPS) is 13.5. The summed E-state index contributed by atoms with van der Waals surface area (Å²) >= 11 is 1.48. The van der Waals surface area contributed by atoms with Crippen molar-refractivity contribution in [1.29, 1.82) is 0 Å². The van der Waals surface area contributed by atoms with Crippen molar-refractivity contribution in [3.8, 4) is 0 Å². The standard InChI is InChI=1S/C17H20N2O4S/c1-9-13(10(2)23-19-9)8-22-17(21)15-12-6-4-5-7-14(12)24-16(15)18-11(3)20/h4-8H2,1-3H3,(H,18,20). The fraction of sp³-hybridized carbons (Fsp3) is 0.471. The van der Waals surface area contributed by atoms with E-state index in [4.69, 9.17) is 9.26 Å². The first kappa shape index (κ1) is 16.7. The number of anilines is 1. The molecule has 0 aromatic carbocycles. The van der Waals surface area contributed by atoms with E-state index in [0.717, 1.165) is 42.5 Å². The summed E-state index contributed by atoms with van der Waals surface area (Å²) in [5.41, 5.74) is 3.04. The Balaban J connectivity index is 1.85. The van der Waals surface area contributed by atoms with Crippen LogP contribution in [0, 0.1) is 13.8 Å². The summed E-state index contributed by atoms with van der Waals surface area (Å²) in [6.07, 6.45) is 3.96. The maximum absolute atomic E-state index is 12.7. The number of fused-ring (bicyclic) bond motifs is 1. The van der Waals surface area contributed by atoms with Crippen LogP contribution in [0.15, 0.2) is 4.52 Å². The second kappa shape index (κ2) is 6.76. The highest BCUT2D eigenvalue weighted by Gasteiger charge is 2.27. The summed E-state index contributed by atoms with van der Waals surface area (Å²) in [7, 11) is 0. The molecule has 0 atom stereocenters. The molecule has 0 aliphatic heterocycles. The molecule has 2 aromatic rings. The van der Waals surface area contributed by atoms with E-state index in [1.165, 1.54) is 23.1 Å². The first-order valence-corrected chi connectivity index (χ1v) is 8.80. The molecule has 128 valence electrons. The zero-order valence-corrected chi connectivity index (χ0v) is 14.8. The van der Waals surface area contributed by atoms with Crippen LogP contribution in [0.3, 0.4) is 0 Å². The van der Waals surface area contributed by atoms with Crippen molar-refractivity contribution >= 4 is 28.2 Å². The second-order valence-electron chi connectivity index (χ2n) is 5.98. The number of nitrogens with zero attached hydrogens (tertiary/aromatic N) is 1. The molecule has 6 nitrogen and oxygen atoms in total. The predicted molar refractivity (Wildman–Crippen MR) is 90.4 cm³/mol. The van der Waals surface area contributed by atoms with E-state index >= 15 is 0 Å². The summed E-state index contributed by atoms with van der Waals surface area (Å²) < 4.78 is 10.6. The highest BCUT2D eigenvalue weighted by atomic mass is 32.1. The number of rotatable bonds is 4. The number of carbonyl (C=O) groups is 2. The molecule has 0 spiro atoms. The van der Waals surface area contributed by atoms with Gasteiger partial charge in [-0.2, -0.15) is 0 Å². The summed E-state index contributed by atoms with van der Waals surface area (Å²) in [4.78, 5) is 25.3. The van der Waals surface area contributed by atoms with Crippen LogP contribution < -0.4 is 5.32 Å². The quantitative estimate of drug-likeness (QED) is 0.855. The van der Waals surface area contributed by atoms with E-state index in [1.54, 1.807) is 6.92 Å². The topological polar surface area (TPSA) is 81.4 Å². The Hall–Kier alpha value is -2.15. The van der Waals surface area contributed by atoms with Crippen LogP contribution in [-0.2, 0) is 29.0 Å². The summed E-state index contributed by atoms with van der Waals surface area (Å²) in [6.45, 7) is 5.16. The molecule has 1 aliphatic carbocycles. The minimum absolute atomic E-state index is 0.115. The lowest BCUT2D eigenvalue weighted by Gasteiger charge is -2.12. The summed E-state index contributed by atoms with van der Waals surface area (Å²) in [5, 5.41) is 7.23. The Kier molecular flexibility index (Phi) is 4.71. The number of hydrogen-bond donors (Lipinski definition) is 1. The van der Waals surface area contributed by atoms with Crippen LogP contribution in [0.2, 0.25) is 0 Å². The first-order valence-electron chi connectivity index (χ1n) is 7.98. The zero-order chi connectivity index (χ0) is 17.3. The van der Waals surface area contributed by atoms with E-state index in [9.17, 15) is 9.59 Å². The molecule has 7 heteroatoms. The van der Waals surface area contributed by atoms with E-state index in [1.807, 2.05) is 6.92 Å². The van der Waals surface area contributed by atoms with Gasteiger partial charge < -0.3 is 14.6 Å². The van der Waals surface area contributed by atoms with Gasteiger partial charge in [-0.15, -0.1) is 11.3 Å². The van der Waals surface area contributed by atoms with Crippen molar-refractivity contribution in [3.05, 3.63) is 33.0 Å². The van der Waals surface area contributed by atoms with E-state index in [-0.39, 0.29) is 12.5 Å². The minimum atomic E-state index is -0.404. The Morgan fingerprint density at radius 1 is 1.29 bits per heavy atom. The first-order chi connectivity index (χ1) is 11.5. The molecule has 0 saturated carbocycles. The smallest absolute Gasteiger partial charge is 0.341 e. The third-order valence-corrected chi connectivity index (χ3v) is 5.40. The lowest BCUT2D eigenvalue weighted by molar-refractivity contribution is -0.114. The van der Waals surface area contributed by atoms with Crippen molar-refractivity contribution in [2.24, 2.45) is 0 Å². The number of hydrogen-bond acceptors (Lipinski definition) is 6. The molecular weight excluding hydrogens is 328 g/mol. The molecule has 1 N–H and O–H groups in total. The van der Waals surface area contributed by atoms with Gasteiger partial charge in [0.1, 0.15) is 17.4 Å². The number of aromatic nitrogens is 1. The van der Waals surface area contributed by atoms with Gasteiger partial charge in [-0.3, -0.25) is 4.79 Å². The van der Waals surface area contributed by atoms with Crippen molar-refractivity contribution < 1.29 is 18.8 Å². The van der Waals surface area contributed by atoms with Crippen LogP contribution in [0.4, 0.5) is 5.00 Å². The van der Waals surface area contributed by atoms with Gasteiger partial charge in [0.25, 0.3) is 0 Å². The third-order valence-electron chi connectivity index (χ3n) is 4.19. The van der Waals surface area contributed by atoms with Gasteiger partial charge in [0.2, 0.25) is 5.91 Å². The van der Waals surface area contributed by atoms with E-state index in [0.29, 0.717) is 16.3 Å². The minimum Gasteiger partial charge on any atom is -0.457 e. The van der Waals surface area contributed by atoms with Gasteiger partial charge in [0.15, 0.2) is 0 Å². The molecule has 24 heavy (non-hydrogen) atoms. The fourth-order valence-corrected chi connectivity index (χ4v) is 4.27. The van der Waals surface area contributed by atoms with Crippen LogP contribution in [0.25, 0.3) is 0 Å². The molecule has 0 saturated heterocycles. The molecule has 1 aliphatic rings. The van der Waals surface area contributed by atoms with Crippen molar-refractivity contribution in [2.75, 3.05) is 5.32 Å². The summed E-state index contributed by atoms with van der Waals surface area (Å²) in [6, 6.07) is 0. The van der Waals surface area contributed by atoms with Gasteiger partial charge in [-0.25, -0.2) is 4.79 Å². The zero-order valence-electron chi connectivity index (χ0n) is 14.0. The maximum atomic E-state index is 12.7. The fourth-order valence-electron chi connectivity index (χ4n) is 2.95. The van der Waals surface area contributed by atoms with E-state index < -0.39 is 5.97 Å². The monoisotopic (exact) mass is 348 g/mol.